The van der Waals surface area contributed by atoms with Crippen LogP contribution >= 0.6 is 11.8 Å². The van der Waals surface area contributed by atoms with Gasteiger partial charge in [0.05, 0.1) is 6.54 Å². The molecule has 20 heavy (non-hydrogen) atoms. The van der Waals surface area contributed by atoms with Crippen LogP contribution in [-0.4, -0.2) is 43.0 Å². The highest BCUT2D eigenvalue weighted by Crippen LogP contribution is 2.23. The van der Waals surface area contributed by atoms with Crippen molar-refractivity contribution in [2.45, 2.75) is 30.0 Å². The van der Waals surface area contributed by atoms with E-state index in [-0.39, 0.29) is 6.04 Å². The summed E-state index contributed by atoms with van der Waals surface area (Å²) >= 11 is 1.69. The van der Waals surface area contributed by atoms with E-state index in [1.165, 1.54) is 9.80 Å². The number of halogens is 3. The lowest BCUT2D eigenvalue weighted by Gasteiger charge is -2.33. The molecule has 2 rings (SSSR count). The van der Waals surface area contributed by atoms with Gasteiger partial charge in [0.15, 0.2) is 0 Å². The number of rotatable bonds is 4. The molecule has 1 aromatic carbocycles. The van der Waals surface area contributed by atoms with Gasteiger partial charge in [-0.1, -0.05) is 0 Å². The largest absolute Gasteiger partial charge is 0.401 e. The zero-order valence-corrected chi connectivity index (χ0v) is 12.2. The van der Waals surface area contributed by atoms with Gasteiger partial charge in [-0.3, -0.25) is 4.90 Å². The summed E-state index contributed by atoms with van der Waals surface area (Å²) in [6.45, 7) is 0.211. The van der Waals surface area contributed by atoms with Crippen molar-refractivity contribution >= 4 is 17.4 Å². The van der Waals surface area contributed by atoms with Gasteiger partial charge >= 0.3 is 6.18 Å². The summed E-state index contributed by atoms with van der Waals surface area (Å²) in [5.41, 5.74) is 1.04. The molecular weight excluding hydrogens is 285 g/mol. The lowest BCUT2D eigenvalue weighted by atomic mass is 10.0. The first kappa shape index (κ1) is 15.5. The molecule has 0 aromatic heterocycles. The maximum atomic E-state index is 12.3. The van der Waals surface area contributed by atoms with Crippen LogP contribution in [-0.2, 0) is 0 Å². The van der Waals surface area contributed by atoms with Gasteiger partial charge in [0, 0.05) is 29.7 Å². The summed E-state index contributed by atoms with van der Waals surface area (Å²) in [7, 11) is 0. The summed E-state index contributed by atoms with van der Waals surface area (Å²) in [5.74, 6) is 0. The lowest BCUT2D eigenvalue weighted by Crippen LogP contribution is -2.43. The second-order valence-electron chi connectivity index (χ2n) is 5.04. The van der Waals surface area contributed by atoms with Crippen LogP contribution < -0.4 is 5.32 Å². The SMILES string of the molecule is CSc1ccc(NC2CCN(CC(F)(F)F)CC2)cc1. The van der Waals surface area contributed by atoms with E-state index in [4.69, 9.17) is 0 Å². The van der Waals surface area contributed by atoms with Crippen molar-refractivity contribution in [3.8, 4) is 0 Å². The van der Waals surface area contributed by atoms with Crippen molar-refractivity contribution in [3.63, 3.8) is 0 Å². The Morgan fingerprint density at radius 2 is 1.80 bits per heavy atom. The Kier molecular flexibility index (Phi) is 5.21. The predicted molar refractivity (Wildman–Crippen MR) is 77.4 cm³/mol. The zero-order chi connectivity index (χ0) is 14.6. The molecule has 0 atom stereocenters. The molecule has 1 aliphatic rings. The minimum atomic E-state index is -4.09. The molecule has 0 unspecified atom stereocenters. The van der Waals surface area contributed by atoms with E-state index < -0.39 is 12.7 Å². The van der Waals surface area contributed by atoms with Crippen molar-refractivity contribution in [3.05, 3.63) is 24.3 Å². The molecule has 1 fully saturated rings. The average Bonchev–Trinajstić information content (AvgIpc) is 2.40. The van der Waals surface area contributed by atoms with Crippen molar-refractivity contribution in [2.24, 2.45) is 0 Å². The standard InChI is InChI=1S/C14H19F3N2S/c1-20-13-4-2-11(3-5-13)18-12-6-8-19(9-7-12)10-14(15,16)17/h2-5,12,18H,6-10H2,1H3. The molecule has 2 nitrogen and oxygen atoms in total. The van der Waals surface area contributed by atoms with Crippen molar-refractivity contribution in [1.82, 2.24) is 4.90 Å². The van der Waals surface area contributed by atoms with Gasteiger partial charge in [-0.15, -0.1) is 11.8 Å². The first-order chi connectivity index (χ1) is 9.46. The van der Waals surface area contributed by atoms with Crippen LogP contribution in [0.15, 0.2) is 29.2 Å². The Labute approximate surface area is 121 Å². The quantitative estimate of drug-likeness (QED) is 0.851. The van der Waals surface area contributed by atoms with E-state index in [2.05, 4.69) is 5.32 Å². The number of alkyl halides is 3. The van der Waals surface area contributed by atoms with Gasteiger partial charge in [0.1, 0.15) is 0 Å². The molecule has 112 valence electrons. The van der Waals surface area contributed by atoms with Crippen LogP contribution in [0.3, 0.4) is 0 Å². The molecule has 1 aliphatic heterocycles. The van der Waals surface area contributed by atoms with Crippen LogP contribution in [0.1, 0.15) is 12.8 Å². The van der Waals surface area contributed by atoms with E-state index in [1.807, 2.05) is 30.5 Å². The summed E-state index contributed by atoms with van der Waals surface area (Å²) < 4.78 is 36.9. The van der Waals surface area contributed by atoms with Crippen molar-refractivity contribution in [1.29, 1.82) is 0 Å². The van der Waals surface area contributed by atoms with E-state index in [0.717, 1.165) is 18.5 Å². The van der Waals surface area contributed by atoms with Crippen LogP contribution in [0.4, 0.5) is 18.9 Å². The highest BCUT2D eigenvalue weighted by atomic mass is 32.2. The molecule has 1 heterocycles. The Bertz CT molecular complexity index is 411. The lowest BCUT2D eigenvalue weighted by molar-refractivity contribution is -0.147. The summed E-state index contributed by atoms with van der Waals surface area (Å²) in [6, 6.07) is 8.40. The Morgan fingerprint density at radius 3 is 2.30 bits per heavy atom. The van der Waals surface area contributed by atoms with Gasteiger partial charge in [-0.2, -0.15) is 13.2 Å². The number of thioether (sulfide) groups is 1. The first-order valence-corrected chi connectivity index (χ1v) is 7.88. The minimum absolute atomic E-state index is 0.264. The van der Waals surface area contributed by atoms with E-state index in [0.29, 0.717) is 13.1 Å². The molecule has 1 N–H and O–H groups in total. The van der Waals surface area contributed by atoms with Crippen LogP contribution in [0.2, 0.25) is 0 Å². The molecule has 1 aromatic rings. The Balaban J connectivity index is 1.79. The number of piperidine rings is 1. The van der Waals surface area contributed by atoms with Gasteiger partial charge in [-0.25, -0.2) is 0 Å². The first-order valence-electron chi connectivity index (χ1n) is 6.66. The summed E-state index contributed by atoms with van der Waals surface area (Å²) in [6.07, 6.45) is -0.562. The monoisotopic (exact) mass is 304 g/mol. The van der Waals surface area contributed by atoms with Crippen LogP contribution in [0.5, 0.6) is 0 Å². The van der Waals surface area contributed by atoms with Gasteiger partial charge in [0.25, 0.3) is 0 Å². The minimum Gasteiger partial charge on any atom is -0.382 e. The zero-order valence-electron chi connectivity index (χ0n) is 11.4. The second-order valence-corrected chi connectivity index (χ2v) is 5.92. The van der Waals surface area contributed by atoms with Crippen molar-refractivity contribution < 1.29 is 13.2 Å². The molecule has 0 aliphatic carbocycles. The smallest absolute Gasteiger partial charge is 0.382 e. The summed E-state index contributed by atoms with van der Waals surface area (Å²) in [5, 5.41) is 3.40. The molecule has 0 saturated carbocycles. The third kappa shape index (κ3) is 4.90. The van der Waals surface area contributed by atoms with E-state index >= 15 is 0 Å². The Hall–Kier alpha value is -0.880. The van der Waals surface area contributed by atoms with Gasteiger partial charge in [-0.05, 0) is 43.4 Å². The molecule has 0 spiro atoms. The highest BCUT2D eigenvalue weighted by Gasteiger charge is 2.32. The van der Waals surface area contributed by atoms with Crippen LogP contribution in [0, 0.1) is 0 Å². The van der Waals surface area contributed by atoms with E-state index in [1.54, 1.807) is 11.8 Å². The normalized spacial score (nSPS) is 18.2. The van der Waals surface area contributed by atoms with Crippen LogP contribution in [0.25, 0.3) is 0 Å². The molecule has 0 amide bonds. The van der Waals surface area contributed by atoms with Gasteiger partial charge in [0.2, 0.25) is 0 Å². The fraction of sp³-hybridized carbons (Fsp3) is 0.571. The fourth-order valence-corrected chi connectivity index (χ4v) is 2.82. The maximum Gasteiger partial charge on any atom is 0.401 e. The third-order valence-corrected chi connectivity index (χ3v) is 4.19. The third-order valence-electron chi connectivity index (χ3n) is 3.45. The topological polar surface area (TPSA) is 15.3 Å². The van der Waals surface area contributed by atoms with Crippen molar-refractivity contribution in [2.75, 3.05) is 31.2 Å². The number of nitrogens with one attached hydrogen (secondary N) is 1. The second kappa shape index (κ2) is 6.72. The molecule has 0 bridgehead atoms. The number of hydrogen-bond donors (Lipinski definition) is 1. The Morgan fingerprint density at radius 1 is 1.20 bits per heavy atom. The maximum absolute atomic E-state index is 12.3. The molecule has 0 radical (unpaired) electrons. The fourth-order valence-electron chi connectivity index (χ4n) is 2.41. The molecule has 6 heteroatoms. The number of nitrogens with zero attached hydrogens (tertiary/aromatic N) is 1. The molecular formula is C14H19F3N2S. The average molecular weight is 304 g/mol. The number of hydrogen-bond acceptors (Lipinski definition) is 3. The summed E-state index contributed by atoms with van der Waals surface area (Å²) in [4.78, 5) is 2.69. The number of benzene rings is 1. The molecule has 1 saturated heterocycles. The van der Waals surface area contributed by atoms with E-state index in [9.17, 15) is 13.2 Å². The van der Waals surface area contributed by atoms with Gasteiger partial charge < -0.3 is 5.32 Å². The number of anilines is 1. The highest BCUT2D eigenvalue weighted by molar-refractivity contribution is 7.98. The predicted octanol–water partition coefficient (Wildman–Crippen LogP) is 3.85. The number of likely N-dealkylation sites (tertiary alicyclic amines) is 1.